The summed E-state index contributed by atoms with van der Waals surface area (Å²) in [4.78, 5) is 31.6. The zero-order valence-electron chi connectivity index (χ0n) is 19.3. The van der Waals surface area contributed by atoms with Gasteiger partial charge in [0, 0.05) is 64.6 Å². The monoisotopic (exact) mass is 452 g/mol. The van der Waals surface area contributed by atoms with Crippen molar-refractivity contribution < 1.29 is 19.8 Å². The van der Waals surface area contributed by atoms with Crippen LogP contribution >= 0.6 is 0 Å². The molecule has 0 unspecified atom stereocenters. The van der Waals surface area contributed by atoms with Gasteiger partial charge in [0.25, 0.3) is 11.8 Å². The van der Waals surface area contributed by atoms with Crippen molar-refractivity contribution in [3.63, 3.8) is 0 Å². The van der Waals surface area contributed by atoms with Crippen LogP contribution in [0.25, 0.3) is 0 Å². The Labute approximate surface area is 194 Å². The van der Waals surface area contributed by atoms with Gasteiger partial charge < -0.3 is 30.2 Å². The van der Waals surface area contributed by atoms with E-state index in [1.807, 2.05) is 6.92 Å². The average Bonchev–Trinajstić information content (AvgIpc) is 3.26. The largest absolute Gasteiger partial charge is 0.507 e. The number of phenols is 2. The summed E-state index contributed by atoms with van der Waals surface area (Å²) in [6, 6.07) is 8.70. The highest BCUT2D eigenvalue weighted by Crippen LogP contribution is 2.33. The Morgan fingerprint density at radius 1 is 1.00 bits per heavy atom. The van der Waals surface area contributed by atoms with Gasteiger partial charge in [0.05, 0.1) is 11.1 Å². The zero-order chi connectivity index (χ0) is 23.5. The first-order chi connectivity index (χ1) is 15.9. The van der Waals surface area contributed by atoms with E-state index in [0.717, 1.165) is 61.9 Å². The molecule has 2 amide bonds. The Bertz CT molecular complexity index is 1050. The van der Waals surface area contributed by atoms with Crippen molar-refractivity contribution in [3.8, 4) is 11.5 Å². The number of nitrogens with one attached hydrogen (secondary N) is 1. The van der Waals surface area contributed by atoms with E-state index in [0.29, 0.717) is 19.6 Å². The predicted octanol–water partition coefficient (Wildman–Crippen LogP) is 2.54. The van der Waals surface area contributed by atoms with Gasteiger partial charge in [-0.15, -0.1) is 0 Å². The Morgan fingerprint density at radius 3 is 2.42 bits per heavy atom. The SMILES string of the molecule is CCCCN(C)C(=O)c1cc(C(=O)N2Cc3ccc(N4CCNCC4)cc3C2)c(O)cc1O. The summed E-state index contributed by atoms with van der Waals surface area (Å²) in [6.45, 7) is 7.28. The van der Waals surface area contributed by atoms with Gasteiger partial charge in [0.15, 0.2) is 0 Å². The lowest BCUT2D eigenvalue weighted by Gasteiger charge is -2.29. The van der Waals surface area contributed by atoms with Crippen molar-refractivity contribution in [2.45, 2.75) is 32.9 Å². The molecule has 176 valence electrons. The summed E-state index contributed by atoms with van der Waals surface area (Å²) in [5.41, 5.74) is 3.37. The van der Waals surface area contributed by atoms with Gasteiger partial charge in [-0.25, -0.2) is 0 Å². The highest BCUT2D eigenvalue weighted by molar-refractivity contribution is 6.03. The van der Waals surface area contributed by atoms with Crippen molar-refractivity contribution in [2.24, 2.45) is 0 Å². The molecule has 2 aliphatic heterocycles. The zero-order valence-corrected chi connectivity index (χ0v) is 19.3. The third kappa shape index (κ3) is 4.75. The number of carbonyl (C=O) groups is 2. The van der Waals surface area contributed by atoms with Crippen LogP contribution in [-0.2, 0) is 13.1 Å². The highest BCUT2D eigenvalue weighted by atomic mass is 16.3. The molecular formula is C25H32N4O4. The molecule has 2 aromatic carbocycles. The Morgan fingerprint density at radius 2 is 1.70 bits per heavy atom. The lowest BCUT2D eigenvalue weighted by molar-refractivity contribution is 0.0748. The minimum atomic E-state index is -0.375. The summed E-state index contributed by atoms with van der Waals surface area (Å²) < 4.78 is 0. The summed E-state index contributed by atoms with van der Waals surface area (Å²) in [6.07, 6.45) is 1.78. The standard InChI is InChI=1S/C25H32N4O4/c1-3-4-9-27(2)24(32)20-13-21(23(31)14-22(20)30)25(33)29-15-17-5-6-19(12-18(17)16-29)28-10-7-26-8-11-28/h5-6,12-14,26,30-31H,3-4,7-11,15-16H2,1-2H3. The van der Waals surface area contributed by atoms with Gasteiger partial charge in [-0.1, -0.05) is 19.4 Å². The molecule has 8 heteroatoms. The van der Waals surface area contributed by atoms with Crippen LogP contribution in [0.5, 0.6) is 11.5 Å². The summed E-state index contributed by atoms with van der Waals surface area (Å²) in [7, 11) is 1.67. The van der Waals surface area contributed by atoms with Gasteiger partial charge in [-0.3, -0.25) is 9.59 Å². The van der Waals surface area contributed by atoms with Crippen LogP contribution in [-0.4, -0.2) is 71.6 Å². The van der Waals surface area contributed by atoms with Crippen LogP contribution in [0, 0.1) is 0 Å². The molecule has 1 fully saturated rings. The van der Waals surface area contributed by atoms with Gasteiger partial charge in [0.2, 0.25) is 0 Å². The van der Waals surface area contributed by atoms with Crippen LogP contribution in [0.15, 0.2) is 30.3 Å². The van der Waals surface area contributed by atoms with Crippen LogP contribution in [0.2, 0.25) is 0 Å². The smallest absolute Gasteiger partial charge is 0.258 e. The molecular weight excluding hydrogens is 420 g/mol. The quantitative estimate of drug-likeness (QED) is 0.623. The average molecular weight is 453 g/mol. The molecule has 2 aliphatic rings. The lowest BCUT2D eigenvalue weighted by atomic mass is 10.1. The fourth-order valence-electron chi connectivity index (χ4n) is 4.44. The van der Waals surface area contributed by atoms with E-state index in [9.17, 15) is 19.8 Å². The third-order valence-electron chi connectivity index (χ3n) is 6.45. The molecule has 0 radical (unpaired) electrons. The summed E-state index contributed by atoms with van der Waals surface area (Å²) in [5.74, 6) is -1.40. The van der Waals surface area contributed by atoms with Crippen molar-refractivity contribution >= 4 is 17.5 Å². The molecule has 2 heterocycles. The molecule has 8 nitrogen and oxygen atoms in total. The highest BCUT2D eigenvalue weighted by Gasteiger charge is 2.29. The van der Waals surface area contributed by atoms with Crippen LogP contribution in [0.1, 0.15) is 51.6 Å². The third-order valence-corrected chi connectivity index (χ3v) is 6.45. The van der Waals surface area contributed by atoms with E-state index in [2.05, 4.69) is 28.4 Å². The number of benzene rings is 2. The van der Waals surface area contributed by atoms with Gasteiger partial charge in [0.1, 0.15) is 11.5 Å². The van der Waals surface area contributed by atoms with Crippen LogP contribution in [0.3, 0.4) is 0 Å². The Balaban J connectivity index is 1.53. The predicted molar refractivity (Wildman–Crippen MR) is 127 cm³/mol. The van der Waals surface area contributed by atoms with Gasteiger partial charge in [-0.05, 0) is 35.7 Å². The number of rotatable bonds is 6. The van der Waals surface area contributed by atoms with E-state index < -0.39 is 0 Å². The molecule has 2 aromatic rings. The number of anilines is 1. The number of amides is 2. The first-order valence-corrected chi connectivity index (χ1v) is 11.6. The summed E-state index contributed by atoms with van der Waals surface area (Å²) >= 11 is 0. The van der Waals surface area contributed by atoms with Gasteiger partial charge >= 0.3 is 0 Å². The molecule has 0 atom stereocenters. The maximum atomic E-state index is 13.3. The second-order valence-electron chi connectivity index (χ2n) is 8.82. The van der Waals surface area contributed by atoms with Crippen LogP contribution in [0.4, 0.5) is 5.69 Å². The second-order valence-corrected chi connectivity index (χ2v) is 8.82. The van der Waals surface area contributed by atoms with E-state index in [1.54, 1.807) is 11.9 Å². The molecule has 0 aliphatic carbocycles. The van der Waals surface area contributed by atoms with Crippen molar-refractivity contribution in [1.82, 2.24) is 15.1 Å². The second kappa shape index (κ2) is 9.70. The number of fused-ring (bicyclic) bond motifs is 1. The molecule has 0 bridgehead atoms. The molecule has 3 N–H and O–H groups in total. The first kappa shape index (κ1) is 22.9. The first-order valence-electron chi connectivity index (χ1n) is 11.6. The lowest BCUT2D eigenvalue weighted by Crippen LogP contribution is -2.43. The molecule has 33 heavy (non-hydrogen) atoms. The summed E-state index contributed by atoms with van der Waals surface area (Å²) in [5, 5.41) is 24.0. The minimum Gasteiger partial charge on any atom is -0.507 e. The minimum absolute atomic E-state index is 0.0208. The molecule has 0 saturated carbocycles. The molecule has 4 rings (SSSR count). The van der Waals surface area contributed by atoms with E-state index >= 15 is 0 Å². The Kier molecular flexibility index (Phi) is 6.74. The topological polar surface area (TPSA) is 96.4 Å². The number of carbonyl (C=O) groups excluding carboxylic acids is 2. The Hall–Kier alpha value is -3.26. The van der Waals surface area contributed by atoms with E-state index in [1.165, 1.54) is 11.0 Å². The maximum absolute atomic E-state index is 13.3. The number of nitrogens with zero attached hydrogens (tertiary/aromatic N) is 3. The number of unbranched alkanes of at least 4 members (excludes halogenated alkanes) is 1. The number of hydrogen-bond donors (Lipinski definition) is 3. The van der Waals surface area contributed by atoms with E-state index in [-0.39, 0.29) is 34.4 Å². The fourth-order valence-corrected chi connectivity index (χ4v) is 4.44. The van der Waals surface area contributed by atoms with Crippen molar-refractivity contribution in [1.29, 1.82) is 0 Å². The molecule has 0 aromatic heterocycles. The van der Waals surface area contributed by atoms with E-state index in [4.69, 9.17) is 0 Å². The van der Waals surface area contributed by atoms with Crippen molar-refractivity contribution in [3.05, 3.63) is 52.6 Å². The van der Waals surface area contributed by atoms with Gasteiger partial charge in [-0.2, -0.15) is 0 Å². The number of hydrogen-bond acceptors (Lipinski definition) is 6. The number of aromatic hydroxyl groups is 2. The maximum Gasteiger partial charge on any atom is 0.258 e. The molecule has 1 saturated heterocycles. The normalized spacial score (nSPS) is 15.5. The molecule has 0 spiro atoms. The van der Waals surface area contributed by atoms with Crippen LogP contribution < -0.4 is 10.2 Å². The van der Waals surface area contributed by atoms with Crippen molar-refractivity contribution in [2.75, 3.05) is 44.7 Å². The fraction of sp³-hybridized carbons (Fsp3) is 0.440. The number of piperazine rings is 1. The number of phenolic OH excluding ortho intramolecular Hbond substituents is 2.